The Kier molecular flexibility index (Phi) is 7.00. The van der Waals surface area contributed by atoms with Gasteiger partial charge in [0.15, 0.2) is 5.78 Å². The van der Waals surface area contributed by atoms with Crippen LogP contribution >= 0.6 is 0 Å². The number of rotatable bonds is 5. The van der Waals surface area contributed by atoms with Crippen LogP contribution in [-0.4, -0.2) is 10.8 Å². The van der Waals surface area contributed by atoms with E-state index in [-0.39, 0.29) is 11.2 Å². The second kappa shape index (κ2) is 11.5. The number of aromatic nitrogens is 1. The lowest BCUT2D eigenvalue weighted by Gasteiger charge is -2.34. The van der Waals surface area contributed by atoms with Crippen LogP contribution in [0.4, 0.5) is 0 Å². The maximum atomic E-state index is 13.8. The zero-order valence-corrected chi connectivity index (χ0v) is 26.4. The molecular formula is C45H33NO. The van der Waals surface area contributed by atoms with Gasteiger partial charge >= 0.3 is 0 Å². The van der Waals surface area contributed by atoms with E-state index in [1.807, 2.05) is 30.3 Å². The Labute approximate surface area is 276 Å². The molecular weight excluding hydrogens is 571 g/mol. The van der Waals surface area contributed by atoms with Gasteiger partial charge in [0, 0.05) is 27.7 Å². The first-order valence-corrected chi connectivity index (χ1v) is 16.1. The molecule has 0 N–H and O–H groups in total. The molecule has 1 aromatic heterocycles. The van der Waals surface area contributed by atoms with Crippen LogP contribution < -0.4 is 0 Å². The SMILES string of the molecule is CC1(C)c2ccccc2C(=O)c2cc(-c3ccccc3-c3cccc(-c4cc(-c5ccccc5)cc(-c5ccccc5)n4)c3)ccc21. The van der Waals surface area contributed by atoms with Gasteiger partial charge in [-0.1, -0.05) is 153 Å². The Morgan fingerprint density at radius 2 is 0.894 bits per heavy atom. The normalized spacial score (nSPS) is 13.1. The van der Waals surface area contributed by atoms with Gasteiger partial charge in [-0.05, 0) is 68.8 Å². The Morgan fingerprint density at radius 3 is 1.60 bits per heavy atom. The summed E-state index contributed by atoms with van der Waals surface area (Å²) in [6.45, 7) is 4.42. The van der Waals surface area contributed by atoms with Gasteiger partial charge in [0.2, 0.25) is 0 Å². The molecule has 0 amide bonds. The molecule has 6 aromatic carbocycles. The lowest BCUT2D eigenvalue weighted by molar-refractivity contribution is 0.103. The zero-order chi connectivity index (χ0) is 32.0. The average Bonchev–Trinajstić information content (AvgIpc) is 3.14. The summed E-state index contributed by atoms with van der Waals surface area (Å²) in [4.78, 5) is 19.0. The number of ketones is 1. The van der Waals surface area contributed by atoms with Crippen molar-refractivity contribution in [3.63, 3.8) is 0 Å². The standard InChI is InChI=1S/C45H33NO/c1-45(2)40-23-12-11-22-38(40)44(47)39-27-33(24-25-41(39)45)37-21-10-9-20-36(37)32-18-13-19-34(26-32)43-29-35(30-14-5-3-6-15-30)28-42(46-43)31-16-7-4-8-17-31/h3-29H,1-2H3. The number of hydrogen-bond acceptors (Lipinski definition) is 2. The average molecular weight is 604 g/mol. The lowest BCUT2D eigenvalue weighted by Crippen LogP contribution is -2.30. The third-order valence-electron chi connectivity index (χ3n) is 9.49. The van der Waals surface area contributed by atoms with E-state index in [4.69, 9.17) is 4.98 Å². The highest BCUT2D eigenvalue weighted by atomic mass is 16.1. The molecule has 0 unspecified atom stereocenters. The van der Waals surface area contributed by atoms with E-state index < -0.39 is 0 Å². The van der Waals surface area contributed by atoms with E-state index in [9.17, 15) is 4.79 Å². The fourth-order valence-electron chi connectivity index (χ4n) is 7.03. The van der Waals surface area contributed by atoms with Crippen molar-refractivity contribution >= 4 is 5.78 Å². The molecule has 0 atom stereocenters. The van der Waals surface area contributed by atoms with Gasteiger partial charge in [-0.25, -0.2) is 4.98 Å². The highest BCUT2D eigenvalue weighted by molar-refractivity contribution is 6.13. The van der Waals surface area contributed by atoms with Crippen LogP contribution in [0.2, 0.25) is 0 Å². The fourth-order valence-corrected chi connectivity index (χ4v) is 7.03. The van der Waals surface area contributed by atoms with Gasteiger partial charge in [0.05, 0.1) is 11.4 Å². The quantitative estimate of drug-likeness (QED) is 0.196. The van der Waals surface area contributed by atoms with Gasteiger partial charge in [0.25, 0.3) is 0 Å². The van der Waals surface area contributed by atoms with Crippen LogP contribution in [-0.2, 0) is 5.41 Å². The number of benzene rings is 6. The molecule has 0 spiro atoms. The number of pyridine rings is 1. The summed E-state index contributed by atoms with van der Waals surface area (Å²) in [5.74, 6) is 0.0925. The first kappa shape index (κ1) is 28.6. The van der Waals surface area contributed by atoms with Crippen LogP contribution in [0.3, 0.4) is 0 Å². The van der Waals surface area contributed by atoms with Crippen molar-refractivity contribution in [2.45, 2.75) is 19.3 Å². The minimum Gasteiger partial charge on any atom is -0.289 e. The van der Waals surface area contributed by atoms with Crippen LogP contribution in [0, 0.1) is 0 Å². The molecule has 1 aliphatic carbocycles. The maximum Gasteiger partial charge on any atom is 0.193 e. The second-order valence-corrected chi connectivity index (χ2v) is 12.7. The van der Waals surface area contributed by atoms with Crippen LogP contribution in [0.15, 0.2) is 164 Å². The Balaban J connectivity index is 1.23. The zero-order valence-electron chi connectivity index (χ0n) is 26.4. The van der Waals surface area contributed by atoms with E-state index in [1.165, 1.54) is 0 Å². The molecule has 1 aliphatic rings. The topological polar surface area (TPSA) is 30.0 Å². The van der Waals surface area contributed by atoms with Crippen molar-refractivity contribution in [3.8, 4) is 55.9 Å². The van der Waals surface area contributed by atoms with Crippen molar-refractivity contribution in [3.05, 3.63) is 186 Å². The summed E-state index contributed by atoms with van der Waals surface area (Å²) in [6.07, 6.45) is 0. The first-order chi connectivity index (χ1) is 23.0. The monoisotopic (exact) mass is 603 g/mol. The van der Waals surface area contributed by atoms with Crippen molar-refractivity contribution in [2.75, 3.05) is 0 Å². The first-order valence-electron chi connectivity index (χ1n) is 16.1. The van der Waals surface area contributed by atoms with Crippen LogP contribution in [0.25, 0.3) is 55.9 Å². The maximum absolute atomic E-state index is 13.8. The van der Waals surface area contributed by atoms with Gasteiger partial charge in [-0.3, -0.25) is 4.79 Å². The number of nitrogens with zero attached hydrogens (tertiary/aromatic N) is 1. The summed E-state index contributed by atoms with van der Waals surface area (Å²) in [6, 6.07) is 56.7. The van der Waals surface area contributed by atoms with Gasteiger partial charge in [-0.2, -0.15) is 0 Å². The van der Waals surface area contributed by atoms with Gasteiger partial charge in [-0.15, -0.1) is 0 Å². The van der Waals surface area contributed by atoms with Gasteiger partial charge < -0.3 is 0 Å². The molecule has 0 bridgehead atoms. The smallest absolute Gasteiger partial charge is 0.193 e. The predicted octanol–water partition coefficient (Wildman–Crippen LogP) is 11.3. The largest absolute Gasteiger partial charge is 0.289 e. The third kappa shape index (κ3) is 5.09. The van der Waals surface area contributed by atoms with E-state index in [1.54, 1.807) is 0 Å². The van der Waals surface area contributed by atoms with Crippen LogP contribution in [0.5, 0.6) is 0 Å². The molecule has 2 nitrogen and oxygen atoms in total. The molecule has 7 aromatic rings. The lowest BCUT2D eigenvalue weighted by atomic mass is 9.68. The van der Waals surface area contributed by atoms with E-state index in [0.717, 1.165) is 78.1 Å². The van der Waals surface area contributed by atoms with Crippen LogP contribution in [0.1, 0.15) is 40.9 Å². The molecule has 47 heavy (non-hydrogen) atoms. The minimum atomic E-state index is -0.258. The number of carbonyl (C=O) groups is 1. The number of fused-ring (bicyclic) bond motifs is 2. The molecule has 0 saturated carbocycles. The molecule has 8 rings (SSSR count). The molecule has 0 radical (unpaired) electrons. The highest BCUT2D eigenvalue weighted by Gasteiger charge is 2.36. The Morgan fingerprint density at radius 1 is 0.383 bits per heavy atom. The Bertz CT molecular complexity index is 2220. The van der Waals surface area contributed by atoms with Crippen molar-refractivity contribution < 1.29 is 4.79 Å². The van der Waals surface area contributed by atoms with E-state index in [2.05, 4.69) is 147 Å². The second-order valence-electron chi connectivity index (χ2n) is 12.7. The molecule has 0 aliphatic heterocycles. The molecule has 0 saturated heterocycles. The molecule has 0 fully saturated rings. The molecule has 224 valence electrons. The highest BCUT2D eigenvalue weighted by Crippen LogP contribution is 2.43. The van der Waals surface area contributed by atoms with E-state index >= 15 is 0 Å². The minimum absolute atomic E-state index is 0.0925. The van der Waals surface area contributed by atoms with Crippen molar-refractivity contribution in [1.29, 1.82) is 0 Å². The Hall–Kier alpha value is -5.86. The fraction of sp³-hybridized carbons (Fsp3) is 0.0667. The summed E-state index contributed by atoms with van der Waals surface area (Å²) in [5.41, 5.74) is 14.1. The number of hydrogen-bond donors (Lipinski definition) is 0. The van der Waals surface area contributed by atoms with Gasteiger partial charge in [0.1, 0.15) is 0 Å². The van der Waals surface area contributed by atoms with E-state index in [0.29, 0.717) is 0 Å². The van der Waals surface area contributed by atoms with Crippen molar-refractivity contribution in [1.82, 2.24) is 4.98 Å². The molecule has 2 heteroatoms. The third-order valence-corrected chi connectivity index (χ3v) is 9.49. The predicted molar refractivity (Wildman–Crippen MR) is 193 cm³/mol. The summed E-state index contributed by atoms with van der Waals surface area (Å²) >= 11 is 0. The van der Waals surface area contributed by atoms with Crippen molar-refractivity contribution in [2.24, 2.45) is 0 Å². The summed E-state index contributed by atoms with van der Waals surface area (Å²) < 4.78 is 0. The summed E-state index contributed by atoms with van der Waals surface area (Å²) in [7, 11) is 0. The molecule has 1 heterocycles. The number of carbonyl (C=O) groups excluding carboxylic acids is 1. The summed E-state index contributed by atoms with van der Waals surface area (Å²) in [5, 5.41) is 0.